The molecule has 0 bridgehead atoms. The Balaban J connectivity index is 1.54. The molecule has 7 heteroatoms. The smallest absolute Gasteiger partial charge is 0.170 e. The van der Waals surface area contributed by atoms with Gasteiger partial charge in [-0.25, -0.2) is 4.39 Å². The molecule has 1 aliphatic rings. The number of hydrogen-bond donors (Lipinski definition) is 2. The van der Waals surface area contributed by atoms with Crippen LogP contribution in [0, 0.1) is 5.82 Å². The summed E-state index contributed by atoms with van der Waals surface area (Å²) in [6.07, 6.45) is 3.33. The van der Waals surface area contributed by atoms with E-state index in [1.54, 1.807) is 6.07 Å². The summed E-state index contributed by atoms with van der Waals surface area (Å²) in [6, 6.07) is 4.38. The van der Waals surface area contributed by atoms with Gasteiger partial charge in [0.05, 0.1) is 17.7 Å². The Hall–Kier alpha value is -0.950. The van der Waals surface area contributed by atoms with Gasteiger partial charge in [0.25, 0.3) is 0 Å². The summed E-state index contributed by atoms with van der Waals surface area (Å²) in [6.45, 7) is 2.88. The zero-order chi connectivity index (χ0) is 15.8. The molecule has 2 rings (SSSR count). The highest BCUT2D eigenvalue weighted by atomic mass is 35.5. The number of benzene rings is 1. The normalized spacial score (nSPS) is 17.5. The molecule has 1 fully saturated rings. The molecule has 0 amide bonds. The maximum atomic E-state index is 13.0. The third-order valence-electron chi connectivity index (χ3n) is 3.26. The van der Waals surface area contributed by atoms with Crippen LogP contribution in [-0.4, -0.2) is 37.6 Å². The fourth-order valence-electron chi connectivity index (χ4n) is 2.12. The van der Waals surface area contributed by atoms with Gasteiger partial charge < -0.3 is 20.1 Å². The molecular weight excluding hydrogens is 327 g/mol. The maximum Gasteiger partial charge on any atom is 0.170 e. The molecular formula is C15H20ClFN2O2S. The highest BCUT2D eigenvalue weighted by Gasteiger charge is 2.14. The molecule has 122 valence electrons. The monoisotopic (exact) mass is 346 g/mol. The molecule has 1 atom stereocenters. The van der Waals surface area contributed by atoms with Crippen LogP contribution in [0.4, 0.5) is 10.1 Å². The lowest BCUT2D eigenvalue weighted by atomic mass is 10.2. The molecule has 22 heavy (non-hydrogen) atoms. The Morgan fingerprint density at radius 1 is 1.50 bits per heavy atom. The zero-order valence-corrected chi connectivity index (χ0v) is 13.8. The maximum absolute atomic E-state index is 13.0. The molecule has 1 heterocycles. The summed E-state index contributed by atoms with van der Waals surface area (Å²) in [5.41, 5.74) is 0.651. The first kappa shape index (κ1) is 17.4. The van der Waals surface area contributed by atoms with Crippen LogP contribution in [0.5, 0.6) is 0 Å². The van der Waals surface area contributed by atoms with Gasteiger partial charge in [0.15, 0.2) is 5.11 Å². The molecule has 0 spiro atoms. The summed E-state index contributed by atoms with van der Waals surface area (Å²) in [5, 5.41) is 6.56. The topological polar surface area (TPSA) is 42.5 Å². The first-order valence-electron chi connectivity index (χ1n) is 7.34. The summed E-state index contributed by atoms with van der Waals surface area (Å²) in [7, 11) is 0. The average Bonchev–Trinajstić information content (AvgIpc) is 3.00. The van der Waals surface area contributed by atoms with Crippen molar-refractivity contribution in [1.82, 2.24) is 5.32 Å². The van der Waals surface area contributed by atoms with Crippen molar-refractivity contribution in [3.8, 4) is 0 Å². The molecule has 4 nitrogen and oxygen atoms in total. The summed E-state index contributed by atoms with van der Waals surface area (Å²) in [4.78, 5) is 0. The molecule has 0 unspecified atom stereocenters. The molecule has 0 aliphatic carbocycles. The van der Waals surface area contributed by atoms with Gasteiger partial charge in [0.2, 0.25) is 0 Å². The molecule has 1 aromatic carbocycles. The Morgan fingerprint density at radius 2 is 2.36 bits per heavy atom. The minimum atomic E-state index is -0.450. The quantitative estimate of drug-likeness (QED) is 0.585. The standard InChI is InChI=1S/C15H20ClFN2O2S/c16-13-9-11(4-5-14(13)17)19-15(22)18-6-2-7-20-10-12-3-1-8-21-12/h4-5,9,12H,1-3,6-8,10H2,(H2,18,19,22)/t12-/m0/s1. The van der Waals surface area contributed by atoms with Gasteiger partial charge in [-0.1, -0.05) is 11.6 Å². The SMILES string of the molecule is Fc1ccc(NC(=S)NCCCOC[C@@H]2CCCO2)cc1Cl. The van der Waals surface area contributed by atoms with E-state index in [9.17, 15) is 4.39 Å². The van der Waals surface area contributed by atoms with Gasteiger partial charge >= 0.3 is 0 Å². The third kappa shape index (κ3) is 6.04. The fraction of sp³-hybridized carbons (Fsp3) is 0.533. The van der Waals surface area contributed by atoms with Crippen molar-refractivity contribution in [2.45, 2.75) is 25.4 Å². The Kier molecular flexibility index (Phi) is 7.32. The van der Waals surface area contributed by atoms with Crippen molar-refractivity contribution in [2.75, 3.05) is 31.7 Å². The number of anilines is 1. The van der Waals surface area contributed by atoms with Crippen LogP contribution >= 0.6 is 23.8 Å². The van der Waals surface area contributed by atoms with E-state index in [-0.39, 0.29) is 11.1 Å². The number of thiocarbonyl (C=S) groups is 1. The van der Waals surface area contributed by atoms with E-state index in [0.29, 0.717) is 30.6 Å². The second-order valence-corrected chi connectivity index (χ2v) is 5.89. The summed E-state index contributed by atoms with van der Waals surface area (Å²) in [5.74, 6) is -0.450. The third-order valence-corrected chi connectivity index (χ3v) is 3.79. The molecule has 0 radical (unpaired) electrons. The molecule has 0 aromatic heterocycles. The van der Waals surface area contributed by atoms with Crippen molar-refractivity contribution in [3.63, 3.8) is 0 Å². The molecule has 0 saturated carbocycles. The fourth-order valence-corrected chi connectivity index (χ4v) is 2.52. The van der Waals surface area contributed by atoms with E-state index in [0.717, 1.165) is 25.9 Å². The van der Waals surface area contributed by atoms with Gasteiger partial charge in [0, 0.05) is 25.4 Å². The van der Waals surface area contributed by atoms with Crippen LogP contribution in [0.2, 0.25) is 5.02 Å². The largest absolute Gasteiger partial charge is 0.379 e. The van der Waals surface area contributed by atoms with Crippen LogP contribution in [0.25, 0.3) is 0 Å². The Bertz CT molecular complexity index is 498. The zero-order valence-electron chi connectivity index (χ0n) is 12.2. The number of ether oxygens (including phenoxy) is 2. The van der Waals surface area contributed by atoms with E-state index < -0.39 is 5.82 Å². The highest BCUT2D eigenvalue weighted by Crippen LogP contribution is 2.19. The number of halogens is 2. The van der Waals surface area contributed by atoms with Gasteiger partial charge in [-0.05, 0) is 49.7 Å². The number of nitrogens with one attached hydrogen (secondary N) is 2. The Morgan fingerprint density at radius 3 is 3.09 bits per heavy atom. The van der Waals surface area contributed by atoms with Crippen LogP contribution in [0.1, 0.15) is 19.3 Å². The van der Waals surface area contributed by atoms with Gasteiger partial charge in [-0.3, -0.25) is 0 Å². The van der Waals surface area contributed by atoms with E-state index in [1.807, 2.05) is 0 Å². The van der Waals surface area contributed by atoms with Crippen LogP contribution in [-0.2, 0) is 9.47 Å². The lowest BCUT2D eigenvalue weighted by Gasteiger charge is -2.12. The van der Waals surface area contributed by atoms with Crippen LogP contribution in [0.15, 0.2) is 18.2 Å². The van der Waals surface area contributed by atoms with Crippen molar-refractivity contribution >= 4 is 34.6 Å². The van der Waals surface area contributed by atoms with Crippen molar-refractivity contribution < 1.29 is 13.9 Å². The molecule has 1 saturated heterocycles. The predicted octanol–water partition coefficient (Wildman–Crippen LogP) is 3.35. The predicted molar refractivity (Wildman–Crippen MR) is 90.0 cm³/mol. The molecule has 1 aromatic rings. The van der Waals surface area contributed by atoms with Gasteiger partial charge in [-0.2, -0.15) is 0 Å². The van der Waals surface area contributed by atoms with E-state index in [4.69, 9.17) is 33.3 Å². The van der Waals surface area contributed by atoms with Crippen molar-refractivity contribution in [2.24, 2.45) is 0 Å². The lowest BCUT2D eigenvalue weighted by Crippen LogP contribution is -2.30. The first-order chi connectivity index (χ1) is 10.6. The molecule has 1 aliphatic heterocycles. The minimum Gasteiger partial charge on any atom is -0.379 e. The Labute approximate surface area is 140 Å². The van der Waals surface area contributed by atoms with Crippen molar-refractivity contribution in [3.05, 3.63) is 29.0 Å². The van der Waals surface area contributed by atoms with Gasteiger partial charge in [-0.15, -0.1) is 0 Å². The molecule has 2 N–H and O–H groups in total. The van der Waals surface area contributed by atoms with Crippen molar-refractivity contribution in [1.29, 1.82) is 0 Å². The highest BCUT2D eigenvalue weighted by molar-refractivity contribution is 7.80. The number of rotatable bonds is 7. The summed E-state index contributed by atoms with van der Waals surface area (Å²) >= 11 is 10.9. The van der Waals surface area contributed by atoms with E-state index in [2.05, 4.69) is 10.6 Å². The lowest BCUT2D eigenvalue weighted by molar-refractivity contribution is 0.0168. The minimum absolute atomic E-state index is 0.0651. The van der Waals surface area contributed by atoms with Crippen LogP contribution in [0.3, 0.4) is 0 Å². The van der Waals surface area contributed by atoms with E-state index >= 15 is 0 Å². The van der Waals surface area contributed by atoms with E-state index in [1.165, 1.54) is 12.1 Å². The van der Waals surface area contributed by atoms with Gasteiger partial charge in [0.1, 0.15) is 5.82 Å². The average molecular weight is 347 g/mol. The second kappa shape index (κ2) is 9.25. The summed E-state index contributed by atoms with van der Waals surface area (Å²) < 4.78 is 24.1. The second-order valence-electron chi connectivity index (χ2n) is 5.07. The van der Waals surface area contributed by atoms with Crippen LogP contribution < -0.4 is 10.6 Å². The number of hydrogen-bond acceptors (Lipinski definition) is 3. The first-order valence-corrected chi connectivity index (χ1v) is 8.13.